The summed E-state index contributed by atoms with van der Waals surface area (Å²) in [5, 5.41) is 7.37. The molecule has 0 aliphatic rings. The molecule has 1 atom stereocenters. The van der Waals surface area contributed by atoms with Crippen molar-refractivity contribution in [3.8, 4) is 11.3 Å². The molecule has 0 saturated carbocycles. The van der Waals surface area contributed by atoms with Crippen LogP contribution in [0.2, 0.25) is 0 Å². The number of carbonyl (C=O) groups is 1. The van der Waals surface area contributed by atoms with Gasteiger partial charge in [-0.15, -0.1) is 0 Å². The largest absolute Gasteiger partial charge is 0.324 e. The van der Waals surface area contributed by atoms with Crippen LogP contribution < -0.4 is 10.9 Å². The molecular formula is C23H25N3O2. The summed E-state index contributed by atoms with van der Waals surface area (Å²) >= 11 is 0. The van der Waals surface area contributed by atoms with Gasteiger partial charge in [0.15, 0.2) is 0 Å². The molecule has 0 fully saturated rings. The molecule has 5 nitrogen and oxygen atoms in total. The summed E-state index contributed by atoms with van der Waals surface area (Å²) in [6, 6.07) is 14.2. The number of aryl methyl sites for hydroxylation is 3. The summed E-state index contributed by atoms with van der Waals surface area (Å²) in [6.07, 6.45) is 0. The number of benzene rings is 2. The van der Waals surface area contributed by atoms with E-state index in [2.05, 4.69) is 10.4 Å². The van der Waals surface area contributed by atoms with Crippen LogP contribution in [0.15, 0.2) is 53.3 Å². The Morgan fingerprint density at radius 3 is 2.43 bits per heavy atom. The third-order valence-electron chi connectivity index (χ3n) is 5.24. The van der Waals surface area contributed by atoms with Gasteiger partial charge in [0.25, 0.3) is 5.56 Å². The van der Waals surface area contributed by atoms with Crippen molar-refractivity contribution in [2.45, 2.75) is 40.7 Å². The first kappa shape index (κ1) is 19.5. The fraction of sp³-hybridized carbons (Fsp3) is 0.261. The highest BCUT2D eigenvalue weighted by atomic mass is 16.2. The molecule has 3 rings (SSSR count). The van der Waals surface area contributed by atoms with E-state index in [0.29, 0.717) is 5.69 Å². The minimum atomic E-state index is -0.737. The predicted octanol–water partition coefficient (Wildman–Crippen LogP) is 4.34. The van der Waals surface area contributed by atoms with Crippen LogP contribution in [0.4, 0.5) is 5.69 Å². The molecule has 5 heteroatoms. The van der Waals surface area contributed by atoms with Crippen LogP contribution in [0.5, 0.6) is 0 Å². The molecule has 1 aromatic heterocycles. The van der Waals surface area contributed by atoms with Gasteiger partial charge in [-0.1, -0.05) is 24.3 Å². The van der Waals surface area contributed by atoms with Crippen LogP contribution in [-0.2, 0) is 4.79 Å². The lowest BCUT2D eigenvalue weighted by molar-refractivity contribution is -0.119. The standard InChI is InChI=1S/C23H25N3O2/c1-14-9-10-19(13-16(14)3)21-11-12-22(27)26(25-21)18(5)23(28)24-20-8-6-7-15(2)17(20)4/h6-13,18H,1-5H3,(H,24,28)/t18-/m1/s1. The van der Waals surface area contributed by atoms with E-state index in [1.54, 1.807) is 13.0 Å². The van der Waals surface area contributed by atoms with Gasteiger partial charge in [-0.25, -0.2) is 4.68 Å². The van der Waals surface area contributed by atoms with Crippen LogP contribution in [0.3, 0.4) is 0 Å². The van der Waals surface area contributed by atoms with Crippen LogP contribution in [0.25, 0.3) is 11.3 Å². The Balaban J connectivity index is 1.91. The van der Waals surface area contributed by atoms with Gasteiger partial charge >= 0.3 is 0 Å². The fourth-order valence-electron chi connectivity index (χ4n) is 2.99. The van der Waals surface area contributed by atoms with Crippen molar-refractivity contribution in [2.75, 3.05) is 5.32 Å². The summed E-state index contributed by atoms with van der Waals surface area (Å²) in [5.41, 5.74) is 6.46. The molecule has 0 radical (unpaired) electrons. The Bertz CT molecular complexity index is 1100. The molecule has 0 unspecified atom stereocenters. The highest BCUT2D eigenvalue weighted by molar-refractivity contribution is 5.94. The molecule has 0 aliphatic heterocycles. The summed E-state index contributed by atoms with van der Waals surface area (Å²) in [7, 11) is 0. The van der Waals surface area contributed by atoms with E-state index in [4.69, 9.17) is 0 Å². The minimum Gasteiger partial charge on any atom is -0.324 e. The van der Waals surface area contributed by atoms with Gasteiger partial charge in [0.1, 0.15) is 6.04 Å². The molecule has 0 aliphatic carbocycles. The van der Waals surface area contributed by atoms with E-state index >= 15 is 0 Å². The first-order valence-electron chi connectivity index (χ1n) is 9.32. The molecule has 1 N–H and O–H groups in total. The smallest absolute Gasteiger partial charge is 0.267 e. The number of rotatable bonds is 4. The topological polar surface area (TPSA) is 64.0 Å². The van der Waals surface area contributed by atoms with Gasteiger partial charge in [-0.3, -0.25) is 9.59 Å². The molecule has 2 aromatic carbocycles. The van der Waals surface area contributed by atoms with Crippen molar-refractivity contribution in [2.24, 2.45) is 0 Å². The molecule has 1 amide bonds. The summed E-state index contributed by atoms with van der Waals surface area (Å²) in [4.78, 5) is 25.1. The van der Waals surface area contributed by atoms with E-state index < -0.39 is 6.04 Å². The highest BCUT2D eigenvalue weighted by Gasteiger charge is 2.19. The summed E-state index contributed by atoms with van der Waals surface area (Å²) < 4.78 is 1.24. The normalized spacial score (nSPS) is 11.9. The maximum atomic E-state index is 12.8. The number of amides is 1. The van der Waals surface area contributed by atoms with E-state index in [9.17, 15) is 9.59 Å². The van der Waals surface area contributed by atoms with Crippen molar-refractivity contribution in [1.82, 2.24) is 9.78 Å². The van der Waals surface area contributed by atoms with Crippen LogP contribution >= 0.6 is 0 Å². The second kappa shape index (κ2) is 7.80. The van der Waals surface area contributed by atoms with Gasteiger partial charge in [0.2, 0.25) is 5.91 Å². The molecule has 0 spiro atoms. The summed E-state index contributed by atoms with van der Waals surface area (Å²) in [5.74, 6) is -0.277. The molecule has 3 aromatic rings. The van der Waals surface area contributed by atoms with E-state index in [-0.39, 0.29) is 11.5 Å². The Morgan fingerprint density at radius 1 is 0.964 bits per heavy atom. The lowest BCUT2D eigenvalue weighted by Gasteiger charge is -2.17. The number of hydrogen-bond donors (Lipinski definition) is 1. The summed E-state index contributed by atoms with van der Waals surface area (Å²) in [6.45, 7) is 9.72. The van der Waals surface area contributed by atoms with Gasteiger partial charge < -0.3 is 5.32 Å². The average molecular weight is 375 g/mol. The Labute approximate surface area is 165 Å². The quantitative estimate of drug-likeness (QED) is 0.738. The van der Waals surface area contributed by atoms with Crippen LogP contribution in [0.1, 0.15) is 35.2 Å². The number of hydrogen-bond acceptors (Lipinski definition) is 3. The monoisotopic (exact) mass is 375 g/mol. The molecule has 0 saturated heterocycles. The molecule has 1 heterocycles. The average Bonchev–Trinajstić information content (AvgIpc) is 2.67. The zero-order valence-corrected chi connectivity index (χ0v) is 16.9. The molecule has 0 bridgehead atoms. The first-order valence-corrected chi connectivity index (χ1v) is 9.32. The number of aromatic nitrogens is 2. The van der Waals surface area contributed by atoms with Crippen molar-refractivity contribution in [1.29, 1.82) is 0 Å². The third-order valence-corrected chi connectivity index (χ3v) is 5.24. The highest BCUT2D eigenvalue weighted by Crippen LogP contribution is 2.21. The van der Waals surface area contributed by atoms with Crippen molar-refractivity contribution < 1.29 is 4.79 Å². The Hall–Kier alpha value is -3.21. The molecule has 144 valence electrons. The second-order valence-corrected chi connectivity index (χ2v) is 7.21. The number of carbonyl (C=O) groups excluding carboxylic acids is 1. The van der Waals surface area contributed by atoms with Crippen LogP contribution in [0, 0.1) is 27.7 Å². The van der Waals surface area contributed by atoms with Crippen molar-refractivity contribution >= 4 is 11.6 Å². The zero-order chi connectivity index (χ0) is 20.4. The maximum Gasteiger partial charge on any atom is 0.267 e. The zero-order valence-electron chi connectivity index (χ0n) is 16.9. The van der Waals surface area contributed by atoms with E-state index in [0.717, 1.165) is 27.9 Å². The van der Waals surface area contributed by atoms with Gasteiger partial charge in [0.05, 0.1) is 5.69 Å². The van der Waals surface area contributed by atoms with Crippen molar-refractivity contribution in [3.05, 3.63) is 81.1 Å². The fourth-order valence-corrected chi connectivity index (χ4v) is 2.99. The van der Waals surface area contributed by atoms with Crippen molar-refractivity contribution in [3.63, 3.8) is 0 Å². The number of anilines is 1. The predicted molar refractivity (Wildman–Crippen MR) is 113 cm³/mol. The minimum absolute atomic E-state index is 0.277. The van der Waals surface area contributed by atoms with Crippen LogP contribution in [-0.4, -0.2) is 15.7 Å². The number of nitrogens with one attached hydrogen (secondary N) is 1. The lowest BCUT2D eigenvalue weighted by Crippen LogP contribution is -2.33. The first-order chi connectivity index (χ1) is 13.3. The Kier molecular flexibility index (Phi) is 5.45. The third kappa shape index (κ3) is 3.88. The van der Waals surface area contributed by atoms with Gasteiger partial charge in [-0.05, 0) is 75.1 Å². The lowest BCUT2D eigenvalue weighted by atomic mass is 10.0. The van der Waals surface area contributed by atoms with E-state index in [1.807, 2.05) is 64.1 Å². The number of nitrogens with zero attached hydrogens (tertiary/aromatic N) is 2. The second-order valence-electron chi connectivity index (χ2n) is 7.21. The van der Waals surface area contributed by atoms with E-state index in [1.165, 1.54) is 16.3 Å². The molecular weight excluding hydrogens is 350 g/mol. The SMILES string of the molecule is Cc1ccc(-c2ccc(=O)n([C@H](C)C(=O)Nc3cccc(C)c3C)n2)cc1C. The Morgan fingerprint density at radius 2 is 1.71 bits per heavy atom. The van der Waals surface area contributed by atoms with Gasteiger partial charge in [-0.2, -0.15) is 5.10 Å². The van der Waals surface area contributed by atoms with Gasteiger partial charge in [0, 0.05) is 17.3 Å². The maximum absolute atomic E-state index is 12.8. The molecule has 28 heavy (non-hydrogen) atoms.